The van der Waals surface area contributed by atoms with Gasteiger partial charge in [-0.15, -0.1) is 0 Å². The SMILES string of the molecule is Cc1cc(Oc2ccc(F)cc2)n(C)n1. The highest BCUT2D eigenvalue weighted by Gasteiger charge is 2.04. The normalized spacial score (nSPS) is 10.3. The van der Waals surface area contributed by atoms with Crippen molar-refractivity contribution in [3.8, 4) is 11.6 Å². The largest absolute Gasteiger partial charge is 0.439 e. The predicted octanol–water partition coefficient (Wildman–Crippen LogP) is 2.66. The number of nitrogens with zero attached hydrogens (tertiary/aromatic N) is 2. The summed E-state index contributed by atoms with van der Waals surface area (Å²) in [6, 6.07) is 7.70. The minimum Gasteiger partial charge on any atom is -0.439 e. The number of rotatable bonds is 2. The minimum absolute atomic E-state index is 0.275. The second kappa shape index (κ2) is 3.73. The lowest BCUT2D eigenvalue weighted by Crippen LogP contribution is -1.94. The molecular formula is C11H11FN2O. The van der Waals surface area contributed by atoms with Crippen molar-refractivity contribution in [3.05, 3.63) is 41.8 Å². The topological polar surface area (TPSA) is 27.1 Å². The smallest absolute Gasteiger partial charge is 0.217 e. The van der Waals surface area contributed by atoms with Crippen LogP contribution in [0, 0.1) is 12.7 Å². The lowest BCUT2D eigenvalue weighted by molar-refractivity contribution is 0.429. The van der Waals surface area contributed by atoms with Crippen molar-refractivity contribution < 1.29 is 9.13 Å². The first-order valence-electron chi connectivity index (χ1n) is 4.59. The van der Waals surface area contributed by atoms with Gasteiger partial charge in [0.05, 0.1) is 5.69 Å². The summed E-state index contributed by atoms with van der Waals surface area (Å²) in [4.78, 5) is 0. The van der Waals surface area contributed by atoms with Crippen molar-refractivity contribution in [3.63, 3.8) is 0 Å². The van der Waals surface area contributed by atoms with E-state index in [4.69, 9.17) is 4.74 Å². The van der Waals surface area contributed by atoms with Crippen LogP contribution in [-0.2, 0) is 7.05 Å². The number of hydrogen-bond acceptors (Lipinski definition) is 2. The number of aryl methyl sites for hydroxylation is 2. The number of aromatic nitrogens is 2. The first kappa shape index (κ1) is 9.71. The third kappa shape index (κ3) is 2.15. The van der Waals surface area contributed by atoms with E-state index in [0.29, 0.717) is 11.6 Å². The Morgan fingerprint density at radius 3 is 2.47 bits per heavy atom. The van der Waals surface area contributed by atoms with Crippen LogP contribution in [0.25, 0.3) is 0 Å². The van der Waals surface area contributed by atoms with Gasteiger partial charge in [-0.25, -0.2) is 9.07 Å². The number of halogens is 1. The van der Waals surface area contributed by atoms with E-state index in [0.717, 1.165) is 5.69 Å². The summed E-state index contributed by atoms with van der Waals surface area (Å²) in [5.74, 6) is 0.960. The molecule has 0 saturated carbocycles. The average Bonchev–Trinajstić information content (AvgIpc) is 2.49. The molecule has 0 saturated heterocycles. The second-order valence-corrected chi connectivity index (χ2v) is 3.30. The Labute approximate surface area is 87.1 Å². The third-order valence-electron chi connectivity index (χ3n) is 2.00. The van der Waals surface area contributed by atoms with E-state index in [1.807, 2.05) is 13.0 Å². The van der Waals surface area contributed by atoms with Crippen molar-refractivity contribution in [2.45, 2.75) is 6.92 Å². The molecule has 2 aromatic rings. The Bertz CT molecular complexity index is 462. The molecule has 0 fully saturated rings. The van der Waals surface area contributed by atoms with Gasteiger partial charge in [0, 0.05) is 13.1 Å². The molecular weight excluding hydrogens is 195 g/mol. The Kier molecular flexibility index (Phi) is 2.41. The number of hydrogen-bond donors (Lipinski definition) is 0. The summed E-state index contributed by atoms with van der Waals surface area (Å²) in [5, 5.41) is 4.14. The van der Waals surface area contributed by atoms with Crippen molar-refractivity contribution in [1.82, 2.24) is 9.78 Å². The molecule has 0 aliphatic heterocycles. The molecule has 0 spiro atoms. The van der Waals surface area contributed by atoms with Crippen LogP contribution >= 0.6 is 0 Å². The van der Waals surface area contributed by atoms with Crippen LogP contribution in [0.2, 0.25) is 0 Å². The fourth-order valence-corrected chi connectivity index (χ4v) is 1.31. The zero-order chi connectivity index (χ0) is 10.8. The molecule has 0 unspecified atom stereocenters. The predicted molar refractivity (Wildman–Crippen MR) is 54.4 cm³/mol. The van der Waals surface area contributed by atoms with Crippen LogP contribution in [0.1, 0.15) is 5.69 Å². The zero-order valence-electron chi connectivity index (χ0n) is 8.57. The molecule has 0 N–H and O–H groups in total. The highest BCUT2D eigenvalue weighted by Crippen LogP contribution is 2.21. The standard InChI is InChI=1S/C11H11FN2O/c1-8-7-11(14(2)13-8)15-10-5-3-9(12)4-6-10/h3-7H,1-2H3. The van der Waals surface area contributed by atoms with Gasteiger partial charge >= 0.3 is 0 Å². The third-order valence-corrected chi connectivity index (χ3v) is 2.00. The van der Waals surface area contributed by atoms with Crippen LogP contribution in [0.5, 0.6) is 11.6 Å². The summed E-state index contributed by atoms with van der Waals surface area (Å²) in [6.45, 7) is 1.89. The minimum atomic E-state index is -0.275. The Morgan fingerprint density at radius 2 is 1.93 bits per heavy atom. The van der Waals surface area contributed by atoms with Gasteiger partial charge in [0.15, 0.2) is 0 Å². The zero-order valence-corrected chi connectivity index (χ0v) is 8.57. The monoisotopic (exact) mass is 206 g/mol. The van der Waals surface area contributed by atoms with E-state index in [1.165, 1.54) is 12.1 Å². The quantitative estimate of drug-likeness (QED) is 0.755. The number of ether oxygens (including phenoxy) is 1. The lowest BCUT2D eigenvalue weighted by atomic mass is 10.3. The molecule has 2 rings (SSSR count). The molecule has 1 aromatic heterocycles. The van der Waals surface area contributed by atoms with E-state index in [1.54, 1.807) is 23.9 Å². The molecule has 78 valence electrons. The van der Waals surface area contributed by atoms with Gasteiger partial charge < -0.3 is 4.74 Å². The van der Waals surface area contributed by atoms with Gasteiger partial charge in [0.2, 0.25) is 5.88 Å². The summed E-state index contributed by atoms with van der Waals surface area (Å²) < 4.78 is 19.8. The van der Waals surface area contributed by atoms with Crippen LogP contribution < -0.4 is 4.74 Å². The maximum absolute atomic E-state index is 12.6. The average molecular weight is 206 g/mol. The van der Waals surface area contributed by atoms with Crippen molar-refractivity contribution >= 4 is 0 Å². The van der Waals surface area contributed by atoms with Gasteiger partial charge in [-0.3, -0.25) is 0 Å². The maximum Gasteiger partial charge on any atom is 0.217 e. The first-order chi connectivity index (χ1) is 7.15. The second-order valence-electron chi connectivity index (χ2n) is 3.30. The van der Waals surface area contributed by atoms with Crippen molar-refractivity contribution in [2.75, 3.05) is 0 Å². The molecule has 0 radical (unpaired) electrons. The van der Waals surface area contributed by atoms with Gasteiger partial charge in [-0.1, -0.05) is 0 Å². The van der Waals surface area contributed by atoms with Crippen LogP contribution in [0.4, 0.5) is 4.39 Å². The highest BCUT2D eigenvalue weighted by atomic mass is 19.1. The van der Waals surface area contributed by atoms with Gasteiger partial charge in [0.1, 0.15) is 11.6 Å². The van der Waals surface area contributed by atoms with Crippen LogP contribution in [0.3, 0.4) is 0 Å². The molecule has 0 amide bonds. The molecule has 4 heteroatoms. The molecule has 3 nitrogen and oxygen atoms in total. The fourth-order valence-electron chi connectivity index (χ4n) is 1.31. The Morgan fingerprint density at radius 1 is 1.27 bits per heavy atom. The molecule has 0 aliphatic carbocycles. The van der Waals surface area contributed by atoms with Crippen molar-refractivity contribution in [2.24, 2.45) is 7.05 Å². The van der Waals surface area contributed by atoms with E-state index in [2.05, 4.69) is 5.10 Å². The summed E-state index contributed by atoms with van der Waals surface area (Å²) >= 11 is 0. The van der Waals surface area contributed by atoms with Gasteiger partial charge in [0.25, 0.3) is 0 Å². The first-order valence-corrected chi connectivity index (χ1v) is 4.59. The van der Waals surface area contributed by atoms with Crippen LogP contribution in [-0.4, -0.2) is 9.78 Å². The molecule has 15 heavy (non-hydrogen) atoms. The van der Waals surface area contributed by atoms with E-state index >= 15 is 0 Å². The molecule has 0 bridgehead atoms. The molecule has 1 heterocycles. The van der Waals surface area contributed by atoms with E-state index in [-0.39, 0.29) is 5.82 Å². The summed E-state index contributed by atoms with van der Waals surface area (Å²) in [7, 11) is 1.80. The Hall–Kier alpha value is -1.84. The summed E-state index contributed by atoms with van der Waals surface area (Å²) in [5.41, 5.74) is 0.884. The Balaban J connectivity index is 2.21. The van der Waals surface area contributed by atoms with Crippen LogP contribution in [0.15, 0.2) is 30.3 Å². The lowest BCUT2D eigenvalue weighted by Gasteiger charge is -2.04. The van der Waals surface area contributed by atoms with Gasteiger partial charge in [-0.05, 0) is 31.2 Å². The molecule has 1 aromatic carbocycles. The highest BCUT2D eigenvalue weighted by molar-refractivity contribution is 5.27. The maximum atomic E-state index is 12.6. The van der Waals surface area contributed by atoms with E-state index in [9.17, 15) is 4.39 Å². The fraction of sp³-hybridized carbons (Fsp3) is 0.182. The van der Waals surface area contributed by atoms with E-state index < -0.39 is 0 Å². The van der Waals surface area contributed by atoms with Gasteiger partial charge in [-0.2, -0.15) is 5.10 Å². The molecule has 0 aliphatic rings. The summed E-state index contributed by atoms with van der Waals surface area (Å²) in [6.07, 6.45) is 0. The van der Waals surface area contributed by atoms with Crippen molar-refractivity contribution in [1.29, 1.82) is 0 Å². The number of benzene rings is 1. The molecule has 0 atom stereocenters.